The lowest BCUT2D eigenvalue weighted by Gasteiger charge is -2.20. The molecule has 1 aliphatic rings. The summed E-state index contributed by atoms with van der Waals surface area (Å²) in [5, 5.41) is 6.98. The third-order valence-electron chi connectivity index (χ3n) is 3.10. The van der Waals surface area contributed by atoms with Gasteiger partial charge in [0.05, 0.1) is 19.3 Å². The summed E-state index contributed by atoms with van der Waals surface area (Å²) < 4.78 is 10.7. The molecular weight excluding hydrogens is 204 g/mol. The molecule has 1 fully saturated rings. The van der Waals surface area contributed by atoms with Crippen molar-refractivity contribution >= 4 is 0 Å². The smallest absolute Gasteiger partial charge is 0.0667 e. The molecule has 0 amide bonds. The predicted octanol–water partition coefficient (Wildman–Crippen LogP) is 0.626. The van der Waals surface area contributed by atoms with Gasteiger partial charge in [0.2, 0.25) is 0 Å². The van der Waals surface area contributed by atoms with E-state index in [9.17, 15) is 0 Å². The van der Waals surface area contributed by atoms with Gasteiger partial charge in [-0.25, -0.2) is 0 Å². The van der Waals surface area contributed by atoms with Gasteiger partial charge >= 0.3 is 0 Å². The van der Waals surface area contributed by atoms with Gasteiger partial charge in [0, 0.05) is 32.2 Å². The first kappa shape index (κ1) is 13.9. The Morgan fingerprint density at radius 3 is 2.94 bits per heavy atom. The van der Waals surface area contributed by atoms with Crippen LogP contribution in [0.2, 0.25) is 0 Å². The van der Waals surface area contributed by atoms with Crippen LogP contribution in [0.25, 0.3) is 0 Å². The Labute approximate surface area is 99.1 Å². The van der Waals surface area contributed by atoms with Crippen LogP contribution in [-0.2, 0) is 9.47 Å². The van der Waals surface area contributed by atoms with E-state index in [1.165, 1.54) is 6.42 Å². The van der Waals surface area contributed by atoms with Gasteiger partial charge in [-0.2, -0.15) is 0 Å². The van der Waals surface area contributed by atoms with Crippen molar-refractivity contribution in [3.63, 3.8) is 0 Å². The van der Waals surface area contributed by atoms with Gasteiger partial charge in [-0.05, 0) is 19.9 Å². The first-order valence-electron chi connectivity index (χ1n) is 6.32. The topological polar surface area (TPSA) is 42.5 Å². The number of nitrogens with one attached hydrogen (secondary N) is 2. The average Bonchev–Trinajstić information content (AvgIpc) is 2.73. The molecule has 4 heteroatoms. The van der Waals surface area contributed by atoms with Crippen LogP contribution in [0.3, 0.4) is 0 Å². The maximum Gasteiger partial charge on any atom is 0.0667 e. The summed E-state index contributed by atoms with van der Waals surface area (Å²) in [6.07, 6.45) is 1.46. The second kappa shape index (κ2) is 8.01. The maximum atomic E-state index is 5.52. The Morgan fingerprint density at radius 2 is 2.25 bits per heavy atom. The Morgan fingerprint density at radius 1 is 1.44 bits per heavy atom. The van der Waals surface area contributed by atoms with E-state index >= 15 is 0 Å². The standard InChI is InChI=1S/C12H26N2O2/c1-4-5-14-12-9-16-8-11(12)7-13-6-10(2)15-3/h10-14H,4-9H2,1-3H3. The molecule has 0 aliphatic carbocycles. The zero-order valence-corrected chi connectivity index (χ0v) is 10.8. The predicted molar refractivity (Wildman–Crippen MR) is 65.7 cm³/mol. The summed E-state index contributed by atoms with van der Waals surface area (Å²) in [4.78, 5) is 0. The van der Waals surface area contributed by atoms with Crippen LogP contribution < -0.4 is 10.6 Å². The highest BCUT2D eigenvalue weighted by Crippen LogP contribution is 2.12. The van der Waals surface area contributed by atoms with Gasteiger partial charge in [-0.3, -0.25) is 0 Å². The van der Waals surface area contributed by atoms with Gasteiger partial charge in [-0.15, -0.1) is 0 Å². The second-order valence-electron chi connectivity index (χ2n) is 4.56. The molecule has 0 saturated carbocycles. The fourth-order valence-electron chi connectivity index (χ4n) is 1.91. The first-order valence-corrected chi connectivity index (χ1v) is 6.32. The Hall–Kier alpha value is -0.160. The van der Waals surface area contributed by atoms with Crippen LogP contribution >= 0.6 is 0 Å². The molecule has 0 radical (unpaired) electrons. The molecule has 2 N–H and O–H groups in total. The lowest BCUT2D eigenvalue weighted by atomic mass is 10.0. The third kappa shape index (κ3) is 4.78. The molecule has 1 aliphatic heterocycles. The summed E-state index contributed by atoms with van der Waals surface area (Å²) in [5.41, 5.74) is 0. The van der Waals surface area contributed by atoms with E-state index < -0.39 is 0 Å². The molecule has 0 bridgehead atoms. The summed E-state index contributed by atoms with van der Waals surface area (Å²) in [5.74, 6) is 0.593. The molecule has 1 heterocycles. The van der Waals surface area contributed by atoms with Crippen molar-refractivity contribution in [3.05, 3.63) is 0 Å². The van der Waals surface area contributed by atoms with Crippen molar-refractivity contribution in [2.45, 2.75) is 32.4 Å². The monoisotopic (exact) mass is 230 g/mol. The molecular formula is C12H26N2O2. The Kier molecular flexibility index (Phi) is 6.96. The number of hydrogen-bond donors (Lipinski definition) is 2. The number of rotatable bonds is 8. The summed E-state index contributed by atoms with van der Waals surface area (Å²) in [7, 11) is 1.75. The van der Waals surface area contributed by atoms with Crippen molar-refractivity contribution < 1.29 is 9.47 Å². The van der Waals surface area contributed by atoms with Gasteiger partial charge in [0.1, 0.15) is 0 Å². The minimum Gasteiger partial charge on any atom is -0.380 e. The van der Waals surface area contributed by atoms with E-state index in [4.69, 9.17) is 9.47 Å². The number of methoxy groups -OCH3 is 1. The average molecular weight is 230 g/mol. The highest BCUT2D eigenvalue weighted by atomic mass is 16.5. The highest BCUT2D eigenvalue weighted by molar-refractivity contribution is 4.82. The van der Waals surface area contributed by atoms with Gasteiger partial charge in [0.15, 0.2) is 0 Å². The molecule has 0 spiro atoms. The third-order valence-corrected chi connectivity index (χ3v) is 3.10. The molecule has 3 atom stereocenters. The van der Waals surface area contributed by atoms with Crippen LogP contribution in [0.5, 0.6) is 0 Å². The lowest BCUT2D eigenvalue weighted by Crippen LogP contribution is -2.41. The summed E-state index contributed by atoms with van der Waals surface area (Å²) >= 11 is 0. The molecule has 0 aromatic heterocycles. The van der Waals surface area contributed by atoms with Gasteiger partial charge in [-0.1, -0.05) is 6.92 Å². The molecule has 0 aromatic carbocycles. The quantitative estimate of drug-likeness (QED) is 0.642. The second-order valence-corrected chi connectivity index (χ2v) is 4.56. The van der Waals surface area contributed by atoms with Crippen LogP contribution in [0.1, 0.15) is 20.3 Å². The fourth-order valence-corrected chi connectivity index (χ4v) is 1.91. The van der Waals surface area contributed by atoms with Crippen molar-refractivity contribution in [1.29, 1.82) is 0 Å². The van der Waals surface area contributed by atoms with Crippen LogP contribution in [-0.4, -0.2) is 52.1 Å². The highest BCUT2D eigenvalue weighted by Gasteiger charge is 2.26. The van der Waals surface area contributed by atoms with E-state index in [2.05, 4.69) is 24.5 Å². The van der Waals surface area contributed by atoms with Crippen LogP contribution in [0, 0.1) is 5.92 Å². The molecule has 1 saturated heterocycles. The van der Waals surface area contributed by atoms with E-state index in [0.29, 0.717) is 12.0 Å². The van der Waals surface area contributed by atoms with Crippen molar-refractivity contribution in [1.82, 2.24) is 10.6 Å². The molecule has 96 valence electrons. The SMILES string of the molecule is CCCNC1COCC1CNCC(C)OC. The van der Waals surface area contributed by atoms with Crippen LogP contribution in [0.4, 0.5) is 0 Å². The lowest BCUT2D eigenvalue weighted by molar-refractivity contribution is 0.115. The van der Waals surface area contributed by atoms with Crippen molar-refractivity contribution in [3.8, 4) is 0 Å². The number of ether oxygens (including phenoxy) is 2. The van der Waals surface area contributed by atoms with Gasteiger partial charge in [0.25, 0.3) is 0 Å². The van der Waals surface area contributed by atoms with Crippen molar-refractivity contribution in [2.24, 2.45) is 5.92 Å². The molecule has 0 aromatic rings. The summed E-state index contributed by atoms with van der Waals surface area (Å²) in [6.45, 7) is 8.99. The van der Waals surface area contributed by atoms with Crippen molar-refractivity contribution in [2.75, 3.05) is 40.0 Å². The molecule has 3 unspecified atom stereocenters. The minimum atomic E-state index is 0.282. The molecule has 16 heavy (non-hydrogen) atoms. The largest absolute Gasteiger partial charge is 0.380 e. The normalized spacial score (nSPS) is 27.2. The zero-order valence-electron chi connectivity index (χ0n) is 10.8. The minimum absolute atomic E-state index is 0.282. The maximum absolute atomic E-state index is 5.52. The fraction of sp³-hybridized carbons (Fsp3) is 1.00. The van der Waals surface area contributed by atoms with Gasteiger partial charge < -0.3 is 20.1 Å². The Bertz CT molecular complexity index is 178. The van der Waals surface area contributed by atoms with E-state index in [1.807, 2.05) is 0 Å². The van der Waals surface area contributed by atoms with E-state index in [-0.39, 0.29) is 6.10 Å². The molecule has 1 rings (SSSR count). The van der Waals surface area contributed by atoms with Crippen LogP contribution in [0.15, 0.2) is 0 Å². The van der Waals surface area contributed by atoms with E-state index in [1.54, 1.807) is 7.11 Å². The zero-order chi connectivity index (χ0) is 11.8. The summed E-state index contributed by atoms with van der Waals surface area (Å²) in [6, 6.07) is 0.519. The van der Waals surface area contributed by atoms with E-state index in [0.717, 1.165) is 32.8 Å². The Balaban J connectivity index is 2.14. The number of hydrogen-bond acceptors (Lipinski definition) is 4. The first-order chi connectivity index (χ1) is 7.77. The molecule has 4 nitrogen and oxygen atoms in total.